The van der Waals surface area contributed by atoms with E-state index in [4.69, 9.17) is 4.74 Å². The van der Waals surface area contributed by atoms with Crippen molar-refractivity contribution in [1.82, 2.24) is 10.2 Å². The van der Waals surface area contributed by atoms with E-state index in [-0.39, 0.29) is 12.1 Å². The van der Waals surface area contributed by atoms with Crippen LogP contribution < -0.4 is 5.32 Å². The maximum absolute atomic E-state index is 12.1. The molecule has 4 nitrogen and oxygen atoms in total. The maximum Gasteiger partial charge on any atom is 0.317 e. The van der Waals surface area contributed by atoms with Crippen LogP contribution in [0.3, 0.4) is 0 Å². The molecule has 0 saturated carbocycles. The van der Waals surface area contributed by atoms with Crippen LogP contribution >= 0.6 is 11.3 Å². The van der Waals surface area contributed by atoms with Gasteiger partial charge in [0, 0.05) is 31.1 Å². The second-order valence-electron chi connectivity index (χ2n) is 5.60. The average molecular weight is 294 g/mol. The van der Waals surface area contributed by atoms with Gasteiger partial charge < -0.3 is 15.0 Å². The van der Waals surface area contributed by atoms with E-state index in [9.17, 15) is 4.79 Å². The summed E-state index contributed by atoms with van der Waals surface area (Å²) >= 11 is 1.83. The minimum absolute atomic E-state index is 0.0742. The molecule has 2 aliphatic rings. The Hall–Kier alpha value is -1.07. The van der Waals surface area contributed by atoms with Gasteiger partial charge in [0.05, 0.1) is 6.10 Å². The van der Waals surface area contributed by atoms with Gasteiger partial charge in [0.2, 0.25) is 0 Å². The number of hydrogen-bond acceptors (Lipinski definition) is 3. The predicted molar refractivity (Wildman–Crippen MR) is 80.2 cm³/mol. The number of nitrogens with zero attached hydrogens (tertiary/aromatic N) is 1. The Kier molecular flexibility index (Phi) is 4.58. The van der Waals surface area contributed by atoms with Crippen molar-refractivity contribution >= 4 is 17.4 Å². The number of urea groups is 1. The van der Waals surface area contributed by atoms with Crippen LogP contribution in [0.4, 0.5) is 4.79 Å². The number of hydrogen-bond donors (Lipinski definition) is 1. The topological polar surface area (TPSA) is 41.6 Å². The average Bonchev–Trinajstić information content (AvgIpc) is 3.18. The van der Waals surface area contributed by atoms with Crippen LogP contribution in [-0.4, -0.2) is 43.3 Å². The molecule has 0 aliphatic carbocycles. The van der Waals surface area contributed by atoms with Crippen LogP contribution in [0.5, 0.6) is 0 Å². The number of thiophene rings is 1. The number of carbonyl (C=O) groups excluding carboxylic acids is 1. The Morgan fingerprint density at radius 2 is 2.25 bits per heavy atom. The van der Waals surface area contributed by atoms with Crippen molar-refractivity contribution in [2.24, 2.45) is 0 Å². The second kappa shape index (κ2) is 6.59. The normalized spacial score (nSPS) is 24.0. The molecule has 0 unspecified atom stereocenters. The first-order valence-corrected chi connectivity index (χ1v) is 8.38. The third kappa shape index (κ3) is 3.33. The number of piperidine rings is 1. The molecule has 2 fully saturated rings. The maximum atomic E-state index is 12.1. The molecule has 0 aromatic carbocycles. The van der Waals surface area contributed by atoms with Gasteiger partial charge in [0.1, 0.15) is 0 Å². The number of amides is 2. The molecule has 0 spiro atoms. The molecule has 0 radical (unpaired) electrons. The van der Waals surface area contributed by atoms with Gasteiger partial charge in [-0.1, -0.05) is 6.07 Å². The zero-order valence-electron chi connectivity index (χ0n) is 11.7. The van der Waals surface area contributed by atoms with E-state index < -0.39 is 0 Å². The van der Waals surface area contributed by atoms with E-state index >= 15 is 0 Å². The zero-order valence-corrected chi connectivity index (χ0v) is 12.5. The molecular formula is C15H22N2O2S. The van der Waals surface area contributed by atoms with E-state index in [1.54, 1.807) is 0 Å². The lowest BCUT2D eigenvalue weighted by atomic mass is 9.95. The SMILES string of the molecule is O=C(NC[C@H]1CCCO1)N1CCC(c2cccs2)CC1. The lowest BCUT2D eigenvalue weighted by Gasteiger charge is -2.31. The van der Waals surface area contributed by atoms with Gasteiger partial charge in [-0.25, -0.2) is 4.79 Å². The minimum atomic E-state index is 0.0742. The number of nitrogens with one attached hydrogen (secondary N) is 1. The molecule has 1 N–H and O–H groups in total. The molecule has 2 amide bonds. The molecule has 3 heterocycles. The number of likely N-dealkylation sites (tertiary alicyclic amines) is 1. The fourth-order valence-electron chi connectivity index (χ4n) is 3.01. The molecule has 110 valence electrons. The number of ether oxygens (including phenoxy) is 1. The molecule has 1 aromatic heterocycles. The Morgan fingerprint density at radius 1 is 1.40 bits per heavy atom. The summed E-state index contributed by atoms with van der Waals surface area (Å²) in [5.41, 5.74) is 0. The van der Waals surface area contributed by atoms with Crippen molar-refractivity contribution in [2.75, 3.05) is 26.2 Å². The van der Waals surface area contributed by atoms with E-state index in [0.717, 1.165) is 45.4 Å². The fourth-order valence-corrected chi connectivity index (χ4v) is 3.91. The highest BCUT2D eigenvalue weighted by atomic mass is 32.1. The van der Waals surface area contributed by atoms with Crippen LogP contribution in [0, 0.1) is 0 Å². The highest BCUT2D eigenvalue weighted by molar-refractivity contribution is 7.10. The minimum Gasteiger partial charge on any atom is -0.376 e. The molecule has 5 heteroatoms. The standard InChI is InChI=1S/C15H22N2O2S/c18-15(16-11-13-3-1-9-19-13)17-7-5-12(6-8-17)14-4-2-10-20-14/h2,4,10,12-13H,1,3,5-9,11H2,(H,16,18)/t13-/m1/s1. The van der Waals surface area contributed by atoms with E-state index in [2.05, 4.69) is 22.8 Å². The summed E-state index contributed by atoms with van der Waals surface area (Å²) in [5, 5.41) is 5.14. The lowest BCUT2D eigenvalue weighted by molar-refractivity contribution is 0.108. The zero-order chi connectivity index (χ0) is 13.8. The third-order valence-corrected chi connectivity index (χ3v) is 5.27. The summed E-state index contributed by atoms with van der Waals surface area (Å²) in [6.07, 6.45) is 4.57. The van der Waals surface area contributed by atoms with Crippen molar-refractivity contribution in [3.05, 3.63) is 22.4 Å². The van der Waals surface area contributed by atoms with Crippen LogP contribution in [0.1, 0.15) is 36.5 Å². The number of carbonyl (C=O) groups is 1. The van der Waals surface area contributed by atoms with Crippen molar-refractivity contribution in [3.63, 3.8) is 0 Å². The largest absolute Gasteiger partial charge is 0.376 e. The first-order chi connectivity index (χ1) is 9.83. The van der Waals surface area contributed by atoms with Crippen molar-refractivity contribution in [1.29, 1.82) is 0 Å². The van der Waals surface area contributed by atoms with Gasteiger partial charge in [-0.05, 0) is 43.0 Å². The molecule has 1 aromatic rings. The smallest absolute Gasteiger partial charge is 0.317 e. The van der Waals surface area contributed by atoms with Gasteiger partial charge in [0.25, 0.3) is 0 Å². The highest BCUT2D eigenvalue weighted by Crippen LogP contribution is 2.30. The monoisotopic (exact) mass is 294 g/mol. The summed E-state index contributed by atoms with van der Waals surface area (Å²) in [7, 11) is 0. The lowest BCUT2D eigenvalue weighted by Crippen LogP contribution is -2.46. The summed E-state index contributed by atoms with van der Waals surface area (Å²) in [5.74, 6) is 0.636. The molecule has 1 atom stereocenters. The molecule has 3 rings (SSSR count). The van der Waals surface area contributed by atoms with Crippen LogP contribution in [0.25, 0.3) is 0 Å². The van der Waals surface area contributed by atoms with Gasteiger partial charge in [-0.2, -0.15) is 0 Å². The Morgan fingerprint density at radius 3 is 2.90 bits per heavy atom. The van der Waals surface area contributed by atoms with Gasteiger partial charge in [-0.3, -0.25) is 0 Å². The Balaban J connectivity index is 1.42. The first-order valence-electron chi connectivity index (χ1n) is 7.50. The molecular weight excluding hydrogens is 272 g/mol. The summed E-state index contributed by atoms with van der Waals surface area (Å²) in [4.78, 5) is 15.5. The third-order valence-electron chi connectivity index (χ3n) is 4.23. The molecule has 20 heavy (non-hydrogen) atoms. The second-order valence-corrected chi connectivity index (χ2v) is 6.58. The van der Waals surface area contributed by atoms with Crippen molar-refractivity contribution in [2.45, 2.75) is 37.7 Å². The fraction of sp³-hybridized carbons (Fsp3) is 0.667. The van der Waals surface area contributed by atoms with Crippen LogP contribution in [0.2, 0.25) is 0 Å². The van der Waals surface area contributed by atoms with E-state index in [0.29, 0.717) is 12.5 Å². The van der Waals surface area contributed by atoms with Crippen LogP contribution in [-0.2, 0) is 4.74 Å². The predicted octanol–water partition coefficient (Wildman–Crippen LogP) is 2.82. The summed E-state index contributed by atoms with van der Waals surface area (Å²) in [6.45, 7) is 3.22. The quantitative estimate of drug-likeness (QED) is 0.931. The Labute approximate surface area is 124 Å². The summed E-state index contributed by atoms with van der Waals surface area (Å²) in [6, 6.07) is 4.40. The van der Waals surface area contributed by atoms with Crippen molar-refractivity contribution in [3.8, 4) is 0 Å². The van der Waals surface area contributed by atoms with Gasteiger partial charge in [0.15, 0.2) is 0 Å². The van der Waals surface area contributed by atoms with Crippen LogP contribution in [0.15, 0.2) is 17.5 Å². The number of rotatable bonds is 3. The van der Waals surface area contributed by atoms with E-state index in [1.165, 1.54) is 4.88 Å². The van der Waals surface area contributed by atoms with E-state index in [1.807, 2.05) is 16.2 Å². The first kappa shape index (κ1) is 13.9. The molecule has 0 bridgehead atoms. The highest BCUT2D eigenvalue weighted by Gasteiger charge is 2.25. The van der Waals surface area contributed by atoms with Gasteiger partial charge >= 0.3 is 6.03 Å². The molecule has 2 saturated heterocycles. The van der Waals surface area contributed by atoms with Crippen molar-refractivity contribution < 1.29 is 9.53 Å². The molecule has 2 aliphatic heterocycles. The Bertz CT molecular complexity index is 421. The summed E-state index contributed by atoms with van der Waals surface area (Å²) < 4.78 is 5.52. The van der Waals surface area contributed by atoms with Gasteiger partial charge in [-0.15, -0.1) is 11.3 Å².